The molecule has 0 radical (unpaired) electrons. The standard InChI is InChI=1S/C21H23ClN4/c1-2-3-19-21(24-13-12-15-4-8-17(22)9-5-15)25-14-20(26-19)16-6-10-18(23)11-7-16/h4-11,14H,2-3,12-13,23H2,1H3,(H,24,25). The van der Waals surface area contributed by atoms with Gasteiger partial charge < -0.3 is 11.1 Å². The van der Waals surface area contributed by atoms with Gasteiger partial charge in [0.05, 0.1) is 17.6 Å². The molecule has 0 fully saturated rings. The number of nitrogens with zero attached hydrogens (tertiary/aromatic N) is 2. The summed E-state index contributed by atoms with van der Waals surface area (Å²) in [6, 6.07) is 15.6. The SMILES string of the molecule is CCCc1nc(-c2ccc(N)cc2)cnc1NCCc1ccc(Cl)cc1. The topological polar surface area (TPSA) is 63.8 Å². The molecule has 26 heavy (non-hydrogen) atoms. The number of rotatable bonds is 7. The molecule has 1 heterocycles. The van der Waals surface area contributed by atoms with E-state index in [-0.39, 0.29) is 0 Å². The number of nitrogens with one attached hydrogen (secondary N) is 1. The maximum absolute atomic E-state index is 5.93. The number of nitrogen functional groups attached to an aromatic ring is 1. The minimum absolute atomic E-state index is 0.746. The van der Waals surface area contributed by atoms with Crippen LogP contribution in [-0.2, 0) is 12.8 Å². The smallest absolute Gasteiger partial charge is 0.147 e. The van der Waals surface area contributed by atoms with E-state index >= 15 is 0 Å². The Morgan fingerprint density at radius 1 is 1.00 bits per heavy atom. The predicted octanol–water partition coefficient (Wildman–Crippen LogP) is 4.99. The largest absolute Gasteiger partial charge is 0.399 e. The Labute approximate surface area is 159 Å². The zero-order valence-corrected chi connectivity index (χ0v) is 15.6. The summed E-state index contributed by atoms with van der Waals surface area (Å²) in [6.07, 6.45) is 4.63. The number of hydrogen-bond acceptors (Lipinski definition) is 4. The van der Waals surface area contributed by atoms with Gasteiger partial charge in [0.2, 0.25) is 0 Å². The summed E-state index contributed by atoms with van der Waals surface area (Å²) in [7, 11) is 0. The molecule has 3 rings (SSSR count). The molecule has 0 unspecified atom stereocenters. The van der Waals surface area contributed by atoms with Gasteiger partial charge in [0, 0.05) is 22.8 Å². The number of halogens is 1. The Bertz CT molecular complexity index is 845. The molecule has 3 N–H and O–H groups in total. The molecule has 0 aliphatic heterocycles. The molecule has 0 aliphatic rings. The fourth-order valence-electron chi connectivity index (χ4n) is 2.76. The van der Waals surface area contributed by atoms with Crippen molar-refractivity contribution in [3.8, 4) is 11.3 Å². The molecular weight excluding hydrogens is 344 g/mol. The highest BCUT2D eigenvalue weighted by Crippen LogP contribution is 2.21. The third kappa shape index (κ3) is 4.73. The number of nitrogens with two attached hydrogens (primary N) is 1. The van der Waals surface area contributed by atoms with E-state index in [4.69, 9.17) is 22.3 Å². The number of hydrogen-bond donors (Lipinski definition) is 2. The van der Waals surface area contributed by atoms with Gasteiger partial charge in [0.15, 0.2) is 0 Å². The molecule has 5 heteroatoms. The Morgan fingerprint density at radius 2 is 1.73 bits per heavy atom. The van der Waals surface area contributed by atoms with Crippen molar-refractivity contribution < 1.29 is 0 Å². The summed E-state index contributed by atoms with van der Waals surface area (Å²) < 4.78 is 0. The van der Waals surface area contributed by atoms with E-state index in [1.165, 1.54) is 5.56 Å². The second kappa shape index (κ2) is 8.68. The van der Waals surface area contributed by atoms with Crippen LogP contribution in [0.4, 0.5) is 11.5 Å². The summed E-state index contributed by atoms with van der Waals surface area (Å²) in [5.74, 6) is 0.861. The second-order valence-corrected chi connectivity index (χ2v) is 6.66. The fraction of sp³-hybridized carbons (Fsp3) is 0.238. The van der Waals surface area contributed by atoms with Gasteiger partial charge in [-0.1, -0.05) is 49.2 Å². The maximum atomic E-state index is 5.93. The Hall–Kier alpha value is -2.59. The van der Waals surface area contributed by atoms with Gasteiger partial charge in [-0.3, -0.25) is 0 Å². The van der Waals surface area contributed by atoms with E-state index in [0.29, 0.717) is 0 Å². The van der Waals surface area contributed by atoms with Crippen LogP contribution >= 0.6 is 11.6 Å². The number of anilines is 2. The summed E-state index contributed by atoms with van der Waals surface area (Å²) >= 11 is 5.93. The molecule has 0 atom stereocenters. The highest BCUT2D eigenvalue weighted by Gasteiger charge is 2.08. The normalized spacial score (nSPS) is 10.7. The van der Waals surface area contributed by atoms with Crippen molar-refractivity contribution in [3.05, 3.63) is 71.0 Å². The van der Waals surface area contributed by atoms with Crippen LogP contribution < -0.4 is 11.1 Å². The number of aromatic nitrogens is 2. The minimum atomic E-state index is 0.746. The van der Waals surface area contributed by atoms with Crippen molar-refractivity contribution in [2.45, 2.75) is 26.2 Å². The highest BCUT2D eigenvalue weighted by molar-refractivity contribution is 6.30. The van der Waals surface area contributed by atoms with Crippen LogP contribution in [-0.4, -0.2) is 16.5 Å². The molecule has 0 aliphatic carbocycles. The lowest BCUT2D eigenvalue weighted by Gasteiger charge is -2.12. The van der Waals surface area contributed by atoms with Gasteiger partial charge in [-0.15, -0.1) is 0 Å². The molecular formula is C21H23ClN4. The first-order chi connectivity index (χ1) is 12.7. The van der Waals surface area contributed by atoms with Crippen molar-refractivity contribution in [2.75, 3.05) is 17.6 Å². The number of benzene rings is 2. The third-order valence-electron chi connectivity index (χ3n) is 4.16. The summed E-state index contributed by atoms with van der Waals surface area (Å²) in [5, 5.41) is 4.18. The molecule has 2 aromatic carbocycles. The Balaban J connectivity index is 1.71. The number of aryl methyl sites for hydroxylation is 1. The Morgan fingerprint density at radius 3 is 2.42 bits per heavy atom. The van der Waals surface area contributed by atoms with Crippen LogP contribution in [0.15, 0.2) is 54.7 Å². The molecule has 0 bridgehead atoms. The van der Waals surface area contributed by atoms with Crippen molar-refractivity contribution in [2.24, 2.45) is 0 Å². The first-order valence-corrected chi connectivity index (χ1v) is 9.23. The van der Waals surface area contributed by atoms with Gasteiger partial charge >= 0.3 is 0 Å². The van der Waals surface area contributed by atoms with E-state index in [9.17, 15) is 0 Å². The lowest BCUT2D eigenvalue weighted by Crippen LogP contribution is -2.10. The van der Waals surface area contributed by atoms with Crippen molar-refractivity contribution in [1.29, 1.82) is 0 Å². The van der Waals surface area contributed by atoms with Gasteiger partial charge in [-0.2, -0.15) is 0 Å². The van der Waals surface area contributed by atoms with Crippen LogP contribution in [0.3, 0.4) is 0 Å². The molecule has 0 spiro atoms. The summed E-state index contributed by atoms with van der Waals surface area (Å²) in [5.41, 5.74) is 10.6. The fourth-order valence-corrected chi connectivity index (χ4v) is 2.88. The minimum Gasteiger partial charge on any atom is -0.399 e. The molecule has 1 aromatic heterocycles. The van der Waals surface area contributed by atoms with Crippen LogP contribution in [0, 0.1) is 0 Å². The predicted molar refractivity (Wildman–Crippen MR) is 110 cm³/mol. The molecule has 0 saturated heterocycles. The quantitative estimate of drug-likeness (QED) is 0.578. The van der Waals surface area contributed by atoms with Crippen molar-refractivity contribution >= 4 is 23.1 Å². The third-order valence-corrected chi connectivity index (χ3v) is 4.41. The van der Waals surface area contributed by atoms with E-state index < -0.39 is 0 Å². The first-order valence-electron chi connectivity index (χ1n) is 8.86. The monoisotopic (exact) mass is 366 g/mol. The Kier molecular flexibility index (Phi) is 6.08. The van der Waals surface area contributed by atoms with Crippen molar-refractivity contribution in [3.63, 3.8) is 0 Å². The molecule has 134 valence electrons. The van der Waals surface area contributed by atoms with Gasteiger partial charge in [-0.05, 0) is 42.7 Å². The summed E-state index contributed by atoms with van der Waals surface area (Å²) in [4.78, 5) is 9.43. The van der Waals surface area contributed by atoms with E-state index in [2.05, 4.69) is 17.2 Å². The van der Waals surface area contributed by atoms with Gasteiger partial charge in [-0.25, -0.2) is 9.97 Å². The average molecular weight is 367 g/mol. The van der Waals surface area contributed by atoms with E-state index in [1.807, 2.05) is 54.7 Å². The van der Waals surface area contributed by atoms with Crippen LogP contribution in [0.2, 0.25) is 5.02 Å². The van der Waals surface area contributed by atoms with Crippen LogP contribution in [0.25, 0.3) is 11.3 Å². The van der Waals surface area contributed by atoms with Gasteiger partial charge in [0.1, 0.15) is 5.82 Å². The highest BCUT2D eigenvalue weighted by atomic mass is 35.5. The van der Waals surface area contributed by atoms with Crippen molar-refractivity contribution in [1.82, 2.24) is 9.97 Å². The zero-order chi connectivity index (χ0) is 18.4. The zero-order valence-electron chi connectivity index (χ0n) is 14.9. The average Bonchev–Trinajstić information content (AvgIpc) is 2.65. The lowest BCUT2D eigenvalue weighted by atomic mass is 10.1. The van der Waals surface area contributed by atoms with E-state index in [1.54, 1.807) is 0 Å². The second-order valence-electron chi connectivity index (χ2n) is 6.23. The molecule has 0 saturated carbocycles. The maximum Gasteiger partial charge on any atom is 0.147 e. The van der Waals surface area contributed by atoms with E-state index in [0.717, 1.165) is 59.3 Å². The lowest BCUT2D eigenvalue weighted by molar-refractivity contribution is 0.867. The van der Waals surface area contributed by atoms with Crippen LogP contribution in [0.1, 0.15) is 24.6 Å². The van der Waals surface area contributed by atoms with Gasteiger partial charge in [0.25, 0.3) is 0 Å². The van der Waals surface area contributed by atoms with Crippen LogP contribution in [0.5, 0.6) is 0 Å². The molecule has 4 nitrogen and oxygen atoms in total. The molecule has 3 aromatic rings. The first kappa shape index (κ1) is 18.2. The molecule has 0 amide bonds. The summed E-state index contributed by atoms with van der Waals surface area (Å²) in [6.45, 7) is 2.95.